The Morgan fingerprint density at radius 1 is 1.00 bits per heavy atom. The molecule has 0 saturated carbocycles. The minimum atomic E-state index is -0.886. The smallest absolute Gasteiger partial charge is 0.307 e. The van der Waals surface area contributed by atoms with E-state index in [4.69, 9.17) is 19.6 Å². The molecule has 1 saturated heterocycles. The summed E-state index contributed by atoms with van der Waals surface area (Å²) >= 11 is 0. The Bertz CT molecular complexity index is 1710. The summed E-state index contributed by atoms with van der Waals surface area (Å²) < 4.78 is 27.3. The van der Waals surface area contributed by atoms with E-state index in [0.717, 1.165) is 76.7 Å². The second-order valence-electron chi connectivity index (χ2n) is 14.9. The van der Waals surface area contributed by atoms with Crippen molar-refractivity contribution in [1.82, 2.24) is 14.8 Å². The number of halogens is 1. The van der Waals surface area contributed by atoms with Crippen LogP contribution < -0.4 is 9.64 Å². The van der Waals surface area contributed by atoms with Crippen LogP contribution in [-0.2, 0) is 35.7 Å². The molecule has 5 rings (SSSR count). The summed E-state index contributed by atoms with van der Waals surface area (Å²) in [6.07, 6.45) is 2.56. The van der Waals surface area contributed by atoms with Crippen LogP contribution >= 0.6 is 0 Å². The van der Waals surface area contributed by atoms with Crippen molar-refractivity contribution >= 4 is 11.7 Å². The van der Waals surface area contributed by atoms with E-state index in [9.17, 15) is 14.3 Å². The monoisotopic (exact) mass is 688 g/mol. The lowest BCUT2D eigenvalue weighted by Gasteiger charge is -2.40. The van der Waals surface area contributed by atoms with Crippen LogP contribution in [0.25, 0.3) is 11.1 Å². The van der Waals surface area contributed by atoms with Crippen LogP contribution in [0.5, 0.6) is 5.75 Å². The van der Waals surface area contributed by atoms with Gasteiger partial charge in [-0.05, 0) is 101 Å². The average Bonchev–Trinajstić information content (AvgIpc) is 3.35. The lowest BCUT2D eigenvalue weighted by Crippen LogP contribution is -2.38. The number of carboxylic acid groups (broad SMARTS) is 1. The molecule has 1 aliphatic rings. The highest BCUT2D eigenvalue weighted by Gasteiger charge is 2.31. The maximum atomic E-state index is 13.3. The number of aryl methyl sites for hydroxylation is 3. The molecule has 1 fully saturated rings. The molecule has 50 heavy (non-hydrogen) atoms. The molecule has 2 N–H and O–H groups in total. The molecule has 0 aliphatic carbocycles. The highest BCUT2D eigenvalue weighted by atomic mass is 19.1. The Morgan fingerprint density at radius 3 is 2.18 bits per heavy atom. The maximum Gasteiger partial charge on any atom is 0.307 e. The van der Waals surface area contributed by atoms with E-state index in [1.165, 1.54) is 12.1 Å². The Labute approximate surface area is 296 Å². The zero-order valence-electron chi connectivity index (χ0n) is 30.8. The molecule has 0 bridgehead atoms. The molecule has 9 nitrogen and oxygen atoms in total. The second kappa shape index (κ2) is 16.6. The molecule has 2 aromatic heterocycles. The molecular weight excluding hydrogens is 635 g/mol. The summed E-state index contributed by atoms with van der Waals surface area (Å²) in [6, 6.07) is 16.3. The number of benzene rings is 2. The minimum absolute atomic E-state index is 0.113. The van der Waals surface area contributed by atoms with E-state index in [1.807, 2.05) is 55.8 Å². The van der Waals surface area contributed by atoms with Crippen LogP contribution in [0, 0.1) is 32.0 Å². The van der Waals surface area contributed by atoms with Crippen LogP contribution in [0.1, 0.15) is 81.4 Å². The summed E-state index contributed by atoms with van der Waals surface area (Å²) in [5.41, 5.74) is 7.61. The molecule has 3 heterocycles. The van der Waals surface area contributed by atoms with Gasteiger partial charge in [-0.2, -0.15) is 5.10 Å². The number of aromatic nitrogens is 3. The van der Waals surface area contributed by atoms with E-state index in [-0.39, 0.29) is 31.0 Å². The fourth-order valence-electron chi connectivity index (χ4n) is 5.93. The van der Waals surface area contributed by atoms with Crippen molar-refractivity contribution in [2.45, 2.75) is 100 Å². The largest absolute Gasteiger partial charge is 0.493 e. The van der Waals surface area contributed by atoms with Crippen molar-refractivity contribution in [3.8, 4) is 16.9 Å². The fourth-order valence-corrected chi connectivity index (χ4v) is 5.93. The van der Waals surface area contributed by atoms with E-state index in [2.05, 4.69) is 23.8 Å². The van der Waals surface area contributed by atoms with Gasteiger partial charge in [0.05, 0.1) is 42.3 Å². The zero-order valence-corrected chi connectivity index (χ0v) is 30.8. The number of carboxylic acids is 1. The molecule has 270 valence electrons. The van der Waals surface area contributed by atoms with Gasteiger partial charge in [0.25, 0.3) is 0 Å². The molecule has 4 aromatic rings. The van der Waals surface area contributed by atoms with Gasteiger partial charge >= 0.3 is 5.97 Å². The maximum absolute atomic E-state index is 13.3. The number of rotatable bonds is 12. The molecule has 2 aromatic carbocycles. The van der Waals surface area contributed by atoms with Crippen molar-refractivity contribution < 1.29 is 28.9 Å². The van der Waals surface area contributed by atoms with E-state index in [0.29, 0.717) is 18.7 Å². The number of hydrogen-bond donors (Lipinski definition) is 2. The van der Waals surface area contributed by atoms with Crippen LogP contribution in [0.15, 0.2) is 54.6 Å². The number of pyridine rings is 1. The quantitative estimate of drug-likeness (QED) is 0.155. The minimum Gasteiger partial charge on any atom is -0.493 e. The lowest BCUT2D eigenvalue weighted by molar-refractivity contribution is -0.136. The van der Waals surface area contributed by atoms with Gasteiger partial charge in [0, 0.05) is 42.0 Å². The topological polar surface area (TPSA) is 110 Å². The molecular formula is C40H53FN4O5. The molecule has 0 unspecified atom stereocenters. The van der Waals surface area contributed by atoms with Gasteiger partial charge in [0.2, 0.25) is 0 Å². The number of aliphatic carboxylic acids is 1. The highest BCUT2D eigenvalue weighted by Crippen LogP contribution is 2.42. The van der Waals surface area contributed by atoms with Crippen LogP contribution in [0.2, 0.25) is 0 Å². The van der Waals surface area contributed by atoms with Crippen molar-refractivity contribution in [3.63, 3.8) is 0 Å². The summed E-state index contributed by atoms with van der Waals surface area (Å²) in [7, 11) is 0. The zero-order chi connectivity index (χ0) is 36.6. The molecule has 1 aliphatic heterocycles. The SMILES string of the molecule is CC(C)(C)O.Cc1cc(C)n(COCc2nc(C)c(CC(=O)O)c(N3CCC(C)(C)CC3)c2-c2ccc(OCCc3ccc(F)cc3)cc2)n1. The molecule has 0 amide bonds. The Balaban J connectivity index is 0.00000105. The van der Waals surface area contributed by atoms with Crippen LogP contribution in [0.4, 0.5) is 10.1 Å². The molecule has 0 spiro atoms. The van der Waals surface area contributed by atoms with Gasteiger partial charge in [0.15, 0.2) is 0 Å². The number of nitrogens with zero attached hydrogens (tertiary/aromatic N) is 4. The van der Waals surface area contributed by atoms with E-state index >= 15 is 0 Å². The number of hydrogen-bond acceptors (Lipinski definition) is 7. The standard InChI is InChI=1S/C36H43FN4O4.C4H10O/c1-24-20-25(2)41(39-24)23-44-22-32-34(28-8-12-30(13-9-28)45-19-14-27-6-10-29(37)11-7-27)35(31(21-33(42)43)26(3)38-32)40-17-15-36(4,5)16-18-40;1-4(2,3)5/h6-13,20H,14-19,21-23H2,1-5H3,(H,42,43);5H,1-3H3. The average molecular weight is 689 g/mol. The van der Waals surface area contributed by atoms with Gasteiger partial charge in [-0.3, -0.25) is 9.78 Å². The first-order valence-electron chi connectivity index (χ1n) is 17.3. The third kappa shape index (κ3) is 11.4. The van der Waals surface area contributed by atoms with Gasteiger partial charge in [-0.15, -0.1) is 0 Å². The third-order valence-electron chi connectivity index (χ3n) is 8.58. The van der Waals surface area contributed by atoms with Gasteiger partial charge in [0.1, 0.15) is 18.3 Å². The van der Waals surface area contributed by atoms with Gasteiger partial charge in [-0.1, -0.05) is 38.1 Å². The highest BCUT2D eigenvalue weighted by molar-refractivity contribution is 5.86. The Morgan fingerprint density at radius 2 is 1.62 bits per heavy atom. The predicted octanol–water partition coefficient (Wildman–Crippen LogP) is 7.84. The normalized spacial score (nSPS) is 14.2. The number of aliphatic hydroxyl groups is 1. The number of piperidine rings is 1. The first-order valence-corrected chi connectivity index (χ1v) is 17.3. The van der Waals surface area contributed by atoms with E-state index < -0.39 is 11.6 Å². The molecule has 0 atom stereocenters. The predicted molar refractivity (Wildman–Crippen MR) is 195 cm³/mol. The summed E-state index contributed by atoms with van der Waals surface area (Å²) in [4.78, 5) is 19.4. The number of ether oxygens (including phenoxy) is 2. The first-order chi connectivity index (χ1) is 23.5. The number of anilines is 1. The Hall–Kier alpha value is -4.28. The van der Waals surface area contributed by atoms with Crippen molar-refractivity contribution in [2.75, 3.05) is 24.6 Å². The van der Waals surface area contributed by atoms with Gasteiger partial charge < -0.3 is 24.6 Å². The second-order valence-corrected chi connectivity index (χ2v) is 14.9. The van der Waals surface area contributed by atoms with Crippen molar-refractivity contribution in [3.05, 3.63) is 94.3 Å². The van der Waals surface area contributed by atoms with E-state index in [1.54, 1.807) is 32.9 Å². The van der Waals surface area contributed by atoms with Crippen LogP contribution in [-0.4, -0.2) is 56.2 Å². The first kappa shape index (κ1) is 38.5. The van der Waals surface area contributed by atoms with Crippen LogP contribution in [0.3, 0.4) is 0 Å². The summed E-state index contributed by atoms with van der Waals surface area (Å²) in [6.45, 7) is 18.3. The van der Waals surface area contributed by atoms with Crippen molar-refractivity contribution in [2.24, 2.45) is 5.41 Å². The lowest BCUT2D eigenvalue weighted by atomic mass is 9.82. The Kier molecular flexibility index (Phi) is 12.8. The number of carbonyl (C=O) groups is 1. The van der Waals surface area contributed by atoms with Crippen molar-refractivity contribution in [1.29, 1.82) is 0 Å². The summed E-state index contributed by atoms with van der Waals surface area (Å²) in [5.74, 6) is -0.422. The third-order valence-corrected chi connectivity index (χ3v) is 8.58. The summed E-state index contributed by atoms with van der Waals surface area (Å²) in [5, 5.41) is 23.0. The molecule has 10 heteroatoms. The van der Waals surface area contributed by atoms with Gasteiger partial charge in [-0.25, -0.2) is 9.07 Å². The fraction of sp³-hybridized carbons (Fsp3) is 0.475. The molecule has 0 radical (unpaired) electrons.